The van der Waals surface area contributed by atoms with Crippen LogP contribution in [0.4, 0.5) is 5.69 Å². The van der Waals surface area contributed by atoms with E-state index >= 15 is 0 Å². The summed E-state index contributed by atoms with van der Waals surface area (Å²) in [5.41, 5.74) is 4.58. The number of amides is 1. The molecular formula is C17H17NO. The maximum absolute atomic E-state index is 12.2. The van der Waals surface area contributed by atoms with Crippen LogP contribution in [0.5, 0.6) is 0 Å². The van der Waals surface area contributed by atoms with Gasteiger partial charge in [-0.3, -0.25) is 4.79 Å². The van der Waals surface area contributed by atoms with Crippen molar-refractivity contribution in [1.82, 2.24) is 0 Å². The first-order chi connectivity index (χ1) is 9.18. The van der Waals surface area contributed by atoms with Crippen LogP contribution in [-0.4, -0.2) is 11.9 Å². The predicted octanol–water partition coefficient (Wildman–Crippen LogP) is 3.65. The molecule has 19 heavy (non-hydrogen) atoms. The lowest BCUT2D eigenvalue weighted by Gasteiger charge is -2.22. The molecule has 0 radical (unpaired) electrons. The van der Waals surface area contributed by atoms with Crippen molar-refractivity contribution in [3.63, 3.8) is 0 Å². The Morgan fingerprint density at radius 1 is 1.00 bits per heavy atom. The summed E-state index contributed by atoms with van der Waals surface area (Å²) in [7, 11) is 0. The second-order valence-electron chi connectivity index (χ2n) is 5.20. The highest BCUT2D eigenvalue weighted by Crippen LogP contribution is 2.37. The molecule has 2 aromatic carbocycles. The zero-order valence-electron chi connectivity index (χ0n) is 11.3. The van der Waals surface area contributed by atoms with E-state index in [0.717, 1.165) is 11.3 Å². The molecule has 0 saturated heterocycles. The van der Waals surface area contributed by atoms with Gasteiger partial charge in [0.2, 0.25) is 5.91 Å². The summed E-state index contributed by atoms with van der Waals surface area (Å²) in [6, 6.07) is 16.7. The molecule has 0 fully saturated rings. The van der Waals surface area contributed by atoms with Crippen molar-refractivity contribution in [2.45, 2.75) is 26.3 Å². The van der Waals surface area contributed by atoms with Crippen molar-refractivity contribution in [3.05, 3.63) is 54.1 Å². The van der Waals surface area contributed by atoms with E-state index in [-0.39, 0.29) is 11.9 Å². The van der Waals surface area contributed by atoms with Crippen LogP contribution in [0.3, 0.4) is 0 Å². The van der Waals surface area contributed by atoms with Gasteiger partial charge in [-0.25, -0.2) is 0 Å². The largest absolute Gasteiger partial charge is 0.309 e. The molecule has 1 aliphatic heterocycles. The van der Waals surface area contributed by atoms with E-state index in [2.05, 4.69) is 32.0 Å². The maximum atomic E-state index is 12.2. The third-order valence-corrected chi connectivity index (χ3v) is 3.61. The fourth-order valence-corrected chi connectivity index (χ4v) is 2.81. The van der Waals surface area contributed by atoms with Crippen LogP contribution in [0, 0.1) is 0 Å². The second kappa shape index (κ2) is 4.54. The normalized spacial score (nSPS) is 14.1. The molecule has 0 atom stereocenters. The van der Waals surface area contributed by atoms with Gasteiger partial charge in [0.15, 0.2) is 0 Å². The minimum atomic E-state index is 0.202. The molecule has 2 nitrogen and oxygen atoms in total. The van der Waals surface area contributed by atoms with Gasteiger partial charge in [-0.15, -0.1) is 0 Å². The molecule has 1 amide bonds. The molecule has 2 aromatic rings. The first-order valence-electron chi connectivity index (χ1n) is 6.68. The molecule has 0 aliphatic carbocycles. The molecule has 96 valence electrons. The minimum absolute atomic E-state index is 0.202. The van der Waals surface area contributed by atoms with Crippen LogP contribution >= 0.6 is 0 Å². The summed E-state index contributed by atoms with van der Waals surface area (Å²) < 4.78 is 0. The lowest BCUT2D eigenvalue weighted by Crippen LogP contribution is -2.33. The quantitative estimate of drug-likeness (QED) is 0.797. The summed E-state index contributed by atoms with van der Waals surface area (Å²) in [4.78, 5) is 14.1. The zero-order valence-corrected chi connectivity index (χ0v) is 11.3. The number of carbonyl (C=O) groups excluding carboxylic acids is 1. The smallest absolute Gasteiger partial charge is 0.231 e. The topological polar surface area (TPSA) is 20.3 Å². The number of nitrogens with zero attached hydrogens (tertiary/aromatic N) is 1. The van der Waals surface area contributed by atoms with Crippen molar-refractivity contribution in [3.8, 4) is 11.1 Å². The van der Waals surface area contributed by atoms with E-state index in [0.29, 0.717) is 6.42 Å². The fraction of sp³-hybridized carbons (Fsp3) is 0.235. The average molecular weight is 251 g/mol. The molecule has 1 heterocycles. The number of fused-ring (bicyclic) bond motifs is 1. The average Bonchev–Trinajstić information content (AvgIpc) is 2.75. The van der Waals surface area contributed by atoms with Gasteiger partial charge in [-0.1, -0.05) is 42.5 Å². The highest BCUT2D eigenvalue weighted by molar-refractivity contribution is 6.04. The highest BCUT2D eigenvalue weighted by Gasteiger charge is 2.30. The van der Waals surface area contributed by atoms with Gasteiger partial charge in [0.25, 0.3) is 0 Å². The maximum Gasteiger partial charge on any atom is 0.231 e. The van der Waals surface area contributed by atoms with Crippen LogP contribution in [0.25, 0.3) is 11.1 Å². The van der Waals surface area contributed by atoms with Gasteiger partial charge in [-0.2, -0.15) is 0 Å². The van der Waals surface area contributed by atoms with Gasteiger partial charge < -0.3 is 4.90 Å². The Bertz CT molecular complexity index is 616. The van der Waals surface area contributed by atoms with Crippen LogP contribution in [0.1, 0.15) is 19.4 Å². The third kappa shape index (κ3) is 1.93. The zero-order chi connectivity index (χ0) is 13.4. The highest BCUT2D eigenvalue weighted by atomic mass is 16.2. The van der Waals surface area contributed by atoms with Crippen molar-refractivity contribution >= 4 is 11.6 Å². The second-order valence-corrected chi connectivity index (χ2v) is 5.20. The number of rotatable bonds is 2. The molecule has 0 saturated carbocycles. The summed E-state index contributed by atoms with van der Waals surface area (Å²) in [5, 5.41) is 0. The van der Waals surface area contributed by atoms with Crippen molar-refractivity contribution < 1.29 is 4.79 Å². The summed E-state index contributed by atoms with van der Waals surface area (Å²) in [6.45, 7) is 4.12. The summed E-state index contributed by atoms with van der Waals surface area (Å²) in [5.74, 6) is 0.202. The van der Waals surface area contributed by atoms with Crippen LogP contribution in [0.2, 0.25) is 0 Å². The summed E-state index contributed by atoms with van der Waals surface area (Å²) in [6.07, 6.45) is 0.512. The van der Waals surface area contributed by atoms with E-state index in [1.807, 2.05) is 35.2 Å². The van der Waals surface area contributed by atoms with E-state index in [9.17, 15) is 4.79 Å². The minimum Gasteiger partial charge on any atom is -0.309 e. The number of carbonyl (C=O) groups is 1. The predicted molar refractivity (Wildman–Crippen MR) is 78.2 cm³/mol. The number of hydrogen-bond donors (Lipinski definition) is 0. The Labute approximate surface area is 113 Å². The molecule has 0 aromatic heterocycles. The van der Waals surface area contributed by atoms with Gasteiger partial charge in [0.1, 0.15) is 0 Å². The fourth-order valence-electron chi connectivity index (χ4n) is 2.81. The Morgan fingerprint density at radius 2 is 1.74 bits per heavy atom. The van der Waals surface area contributed by atoms with Crippen molar-refractivity contribution in [1.29, 1.82) is 0 Å². The van der Waals surface area contributed by atoms with E-state index in [4.69, 9.17) is 0 Å². The van der Waals surface area contributed by atoms with E-state index in [1.54, 1.807) is 0 Å². The molecule has 3 rings (SSSR count). The third-order valence-electron chi connectivity index (χ3n) is 3.61. The Kier molecular flexibility index (Phi) is 2.86. The Hall–Kier alpha value is -2.09. The Morgan fingerprint density at radius 3 is 2.42 bits per heavy atom. The standard InChI is InChI=1S/C17H17NO/c1-12(2)18-16-10-6-9-14(15(16)11-17(18)19)13-7-4-3-5-8-13/h3-10,12H,11H2,1-2H3. The molecule has 0 N–H and O–H groups in total. The van der Waals surface area contributed by atoms with Gasteiger partial charge in [0.05, 0.1) is 6.42 Å². The molecule has 2 heteroatoms. The van der Waals surface area contributed by atoms with E-state index in [1.165, 1.54) is 11.1 Å². The molecule has 0 bridgehead atoms. The van der Waals surface area contributed by atoms with Gasteiger partial charge in [0, 0.05) is 11.7 Å². The number of anilines is 1. The lowest BCUT2D eigenvalue weighted by atomic mass is 9.98. The first-order valence-corrected chi connectivity index (χ1v) is 6.68. The molecular weight excluding hydrogens is 234 g/mol. The van der Waals surface area contributed by atoms with Crippen molar-refractivity contribution in [2.24, 2.45) is 0 Å². The molecule has 0 spiro atoms. The Balaban J connectivity index is 2.15. The van der Waals surface area contributed by atoms with E-state index < -0.39 is 0 Å². The SMILES string of the molecule is CC(C)N1C(=O)Cc2c(-c3ccccc3)cccc21. The van der Waals surface area contributed by atoms with Gasteiger partial charge >= 0.3 is 0 Å². The van der Waals surface area contributed by atoms with Crippen LogP contribution in [-0.2, 0) is 11.2 Å². The number of benzene rings is 2. The van der Waals surface area contributed by atoms with Crippen molar-refractivity contribution in [2.75, 3.05) is 4.90 Å². The van der Waals surface area contributed by atoms with Crippen LogP contribution < -0.4 is 4.90 Å². The lowest BCUT2D eigenvalue weighted by molar-refractivity contribution is -0.117. The van der Waals surface area contributed by atoms with Crippen LogP contribution in [0.15, 0.2) is 48.5 Å². The molecule has 1 aliphatic rings. The molecule has 0 unspecified atom stereocenters. The monoisotopic (exact) mass is 251 g/mol. The van der Waals surface area contributed by atoms with Gasteiger partial charge in [-0.05, 0) is 36.6 Å². The number of hydrogen-bond acceptors (Lipinski definition) is 1. The first kappa shape index (κ1) is 12.0. The summed E-state index contributed by atoms with van der Waals surface area (Å²) >= 11 is 0.